The third-order valence-electron chi connectivity index (χ3n) is 8.97. The van der Waals surface area contributed by atoms with Crippen molar-refractivity contribution in [3.8, 4) is 16.3 Å². The lowest BCUT2D eigenvalue weighted by Gasteiger charge is -2.38. The Hall–Kier alpha value is -2.54. The number of benzene rings is 1. The zero-order valence-electron chi connectivity index (χ0n) is 27.8. The third-order valence-corrected chi connectivity index (χ3v) is 14.8. The first-order valence-electron chi connectivity index (χ1n) is 15.6. The van der Waals surface area contributed by atoms with Gasteiger partial charge in [-0.15, -0.1) is 11.3 Å². The molecule has 4 atom stereocenters. The van der Waals surface area contributed by atoms with Gasteiger partial charge in [-0.05, 0) is 54.2 Å². The van der Waals surface area contributed by atoms with Gasteiger partial charge in [0.1, 0.15) is 12.0 Å². The SMILES string of the molecule is Cc1ncsc1-c1ccc([C@H](C)NC(=O)[C@@H]2C[C@@H](O[Si](C)(C)C(C)(C)C)CN2C(=O)C(c2cc(OCCBr)no2)C(C)C)cc1. The molecule has 0 aliphatic carbocycles. The zero-order chi connectivity index (χ0) is 33.1. The van der Waals surface area contributed by atoms with Gasteiger partial charge in [0.15, 0.2) is 14.1 Å². The van der Waals surface area contributed by atoms with Crippen LogP contribution < -0.4 is 10.1 Å². The molecule has 1 aliphatic rings. The first-order chi connectivity index (χ1) is 21.1. The van der Waals surface area contributed by atoms with Crippen LogP contribution in [0.3, 0.4) is 0 Å². The van der Waals surface area contributed by atoms with Crippen LogP contribution in [0, 0.1) is 12.8 Å². The topological polar surface area (TPSA) is 107 Å². The maximum absolute atomic E-state index is 14.3. The summed E-state index contributed by atoms with van der Waals surface area (Å²) in [5, 5.41) is 7.85. The molecule has 2 amide bonds. The molecular weight excluding hydrogens is 672 g/mol. The van der Waals surface area contributed by atoms with Crippen LogP contribution in [-0.4, -0.2) is 65.8 Å². The standard InChI is InChI=1S/C33H47BrN4O5SSi/c1-20(2)29(27-17-28(37-42-27)41-15-14-34)32(40)38-18-25(43-45(8,9)33(5,6)7)16-26(38)31(39)36-21(3)23-10-12-24(13-11-23)30-22(4)35-19-44-30/h10-13,17,19-21,25-26,29H,14-16,18H2,1-9H3,(H,36,39)/t21-,25+,26-,29?/m0/s1. The van der Waals surface area contributed by atoms with Crippen molar-refractivity contribution in [1.82, 2.24) is 20.4 Å². The highest BCUT2D eigenvalue weighted by molar-refractivity contribution is 9.09. The summed E-state index contributed by atoms with van der Waals surface area (Å²) in [5.74, 6) is -0.327. The minimum atomic E-state index is -2.16. The van der Waals surface area contributed by atoms with Gasteiger partial charge in [-0.25, -0.2) is 4.98 Å². The van der Waals surface area contributed by atoms with Crippen LogP contribution in [0.25, 0.3) is 10.4 Å². The number of ether oxygens (including phenoxy) is 1. The van der Waals surface area contributed by atoms with E-state index in [1.54, 1.807) is 22.3 Å². The molecule has 1 fully saturated rings. The van der Waals surface area contributed by atoms with E-state index < -0.39 is 20.3 Å². The highest BCUT2D eigenvalue weighted by Gasteiger charge is 2.47. The number of thiazole rings is 1. The van der Waals surface area contributed by atoms with Crippen molar-refractivity contribution in [3.63, 3.8) is 0 Å². The van der Waals surface area contributed by atoms with E-state index in [0.29, 0.717) is 36.5 Å². The number of hydrogen-bond acceptors (Lipinski definition) is 8. The molecule has 1 saturated heterocycles. The largest absolute Gasteiger partial charge is 0.475 e. The molecule has 9 nitrogen and oxygen atoms in total. The molecule has 0 bridgehead atoms. The first-order valence-corrected chi connectivity index (χ1v) is 20.5. The average Bonchev–Trinajstić information content (AvgIpc) is 3.71. The van der Waals surface area contributed by atoms with E-state index in [1.165, 1.54) is 0 Å². The minimum absolute atomic E-state index is 0.00753. The Morgan fingerprint density at radius 1 is 1.20 bits per heavy atom. The quantitative estimate of drug-likeness (QED) is 0.153. The second-order valence-corrected chi connectivity index (χ2v) is 20.1. The lowest BCUT2D eigenvalue weighted by Crippen LogP contribution is -2.48. The number of rotatable bonds is 12. The Bertz CT molecular complexity index is 1450. The fourth-order valence-corrected chi connectivity index (χ4v) is 7.74. The summed E-state index contributed by atoms with van der Waals surface area (Å²) in [6.07, 6.45) is 0.185. The number of carbonyl (C=O) groups is 2. The Labute approximate surface area is 280 Å². The molecule has 0 spiro atoms. The Balaban J connectivity index is 1.57. The van der Waals surface area contributed by atoms with Crippen molar-refractivity contribution >= 4 is 47.4 Å². The number of aromatic nitrogens is 2. The number of nitrogens with zero attached hydrogens (tertiary/aromatic N) is 3. The number of alkyl halides is 1. The highest BCUT2D eigenvalue weighted by Crippen LogP contribution is 2.40. The summed E-state index contributed by atoms with van der Waals surface area (Å²) in [5.41, 5.74) is 4.93. The molecule has 3 aromatic rings. The van der Waals surface area contributed by atoms with Crippen LogP contribution in [0.5, 0.6) is 5.88 Å². The number of aryl methyl sites for hydroxylation is 1. The normalized spacial score (nSPS) is 18.7. The fourth-order valence-electron chi connectivity index (χ4n) is 5.41. The Morgan fingerprint density at radius 2 is 1.89 bits per heavy atom. The molecule has 45 heavy (non-hydrogen) atoms. The van der Waals surface area contributed by atoms with Gasteiger partial charge >= 0.3 is 0 Å². The van der Waals surface area contributed by atoms with Gasteiger partial charge in [-0.2, -0.15) is 0 Å². The lowest BCUT2D eigenvalue weighted by molar-refractivity contribution is -0.141. The van der Waals surface area contributed by atoms with Crippen molar-refractivity contribution in [2.45, 2.75) is 97.1 Å². The van der Waals surface area contributed by atoms with Crippen LogP contribution in [0.15, 0.2) is 40.4 Å². The molecule has 4 rings (SSSR count). The molecule has 1 unspecified atom stereocenters. The number of halogens is 1. The number of hydrogen-bond donors (Lipinski definition) is 1. The summed E-state index contributed by atoms with van der Waals surface area (Å²) in [7, 11) is -2.16. The van der Waals surface area contributed by atoms with Crippen molar-refractivity contribution in [2.24, 2.45) is 5.92 Å². The van der Waals surface area contributed by atoms with Crippen LogP contribution in [0.4, 0.5) is 0 Å². The van der Waals surface area contributed by atoms with Gasteiger partial charge in [0.2, 0.25) is 11.8 Å². The molecule has 1 aromatic carbocycles. The summed E-state index contributed by atoms with van der Waals surface area (Å²) in [6, 6.07) is 8.95. The van der Waals surface area contributed by atoms with Gasteiger partial charge < -0.3 is 23.9 Å². The molecule has 0 radical (unpaired) electrons. The second kappa shape index (κ2) is 14.5. The highest BCUT2D eigenvalue weighted by atomic mass is 79.9. The van der Waals surface area contributed by atoms with Gasteiger partial charge in [0.05, 0.1) is 34.8 Å². The van der Waals surface area contributed by atoms with E-state index in [9.17, 15) is 9.59 Å². The maximum atomic E-state index is 14.3. The van der Waals surface area contributed by atoms with Gasteiger partial charge in [0.25, 0.3) is 5.88 Å². The van der Waals surface area contributed by atoms with E-state index in [1.807, 2.05) is 45.3 Å². The van der Waals surface area contributed by atoms with Crippen molar-refractivity contribution in [2.75, 3.05) is 18.5 Å². The predicted octanol–water partition coefficient (Wildman–Crippen LogP) is 7.49. The molecule has 12 heteroatoms. The van der Waals surface area contributed by atoms with Crippen molar-refractivity contribution in [1.29, 1.82) is 0 Å². The van der Waals surface area contributed by atoms with E-state index >= 15 is 0 Å². The van der Waals surface area contributed by atoms with Crippen LogP contribution in [-0.2, 0) is 14.0 Å². The Kier molecular flexibility index (Phi) is 11.4. The summed E-state index contributed by atoms with van der Waals surface area (Å²) in [6.45, 7) is 19.7. The monoisotopic (exact) mass is 718 g/mol. The second-order valence-electron chi connectivity index (χ2n) is 13.7. The minimum Gasteiger partial charge on any atom is -0.475 e. The molecule has 1 aliphatic heterocycles. The molecule has 246 valence electrons. The molecule has 0 saturated carbocycles. The van der Waals surface area contributed by atoms with Gasteiger partial charge in [-0.3, -0.25) is 9.59 Å². The number of nitrogens with one attached hydrogen (secondary N) is 1. The third kappa shape index (κ3) is 8.25. The van der Waals surface area contributed by atoms with Gasteiger partial charge in [0, 0.05) is 24.4 Å². The summed E-state index contributed by atoms with van der Waals surface area (Å²) < 4.78 is 18.0. The molecule has 3 heterocycles. The van der Waals surface area contributed by atoms with E-state index in [2.05, 4.69) is 77.4 Å². The smallest absolute Gasteiger partial charge is 0.254 e. The zero-order valence-corrected chi connectivity index (χ0v) is 31.3. The molecular formula is C33H47BrN4O5SSi. The van der Waals surface area contributed by atoms with E-state index in [4.69, 9.17) is 13.7 Å². The van der Waals surface area contributed by atoms with Crippen molar-refractivity contribution in [3.05, 3.63) is 52.9 Å². The van der Waals surface area contributed by atoms with E-state index in [0.717, 1.165) is 21.7 Å². The predicted molar refractivity (Wildman–Crippen MR) is 184 cm³/mol. The first kappa shape index (κ1) is 35.3. The van der Waals surface area contributed by atoms with E-state index in [-0.39, 0.29) is 34.9 Å². The maximum Gasteiger partial charge on any atom is 0.254 e. The number of likely N-dealkylation sites (tertiary alicyclic amines) is 1. The number of amides is 2. The van der Waals surface area contributed by atoms with Crippen LogP contribution in [0.2, 0.25) is 18.1 Å². The van der Waals surface area contributed by atoms with Gasteiger partial charge in [-0.1, -0.05) is 74.8 Å². The lowest BCUT2D eigenvalue weighted by atomic mass is 9.91. The molecule has 2 aromatic heterocycles. The summed E-state index contributed by atoms with van der Waals surface area (Å²) >= 11 is 4.96. The summed E-state index contributed by atoms with van der Waals surface area (Å²) in [4.78, 5) is 35.5. The van der Waals surface area contributed by atoms with Crippen molar-refractivity contribution < 1.29 is 23.3 Å². The van der Waals surface area contributed by atoms with Crippen LogP contribution in [0.1, 0.15) is 76.9 Å². The molecule has 1 N–H and O–H groups in total. The number of carbonyl (C=O) groups excluding carboxylic acids is 2. The Morgan fingerprint density at radius 3 is 2.47 bits per heavy atom. The van der Waals surface area contributed by atoms with Crippen LogP contribution >= 0.6 is 27.3 Å². The average molecular weight is 720 g/mol. The fraction of sp³-hybridized carbons (Fsp3) is 0.576.